The second-order valence-electron chi connectivity index (χ2n) is 6.60. The molecule has 1 aromatic carbocycles. The Hall–Kier alpha value is -2.59. The smallest absolute Gasteiger partial charge is 0.366 e. The predicted octanol–water partition coefficient (Wildman–Crippen LogP) is 2.22. The van der Waals surface area contributed by atoms with Crippen molar-refractivity contribution in [1.29, 1.82) is 0 Å². The highest BCUT2D eigenvalue weighted by Crippen LogP contribution is 2.23. The van der Waals surface area contributed by atoms with Gasteiger partial charge < -0.3 is 10.2 Å². The molecule has 1 N–H and O–H groups in total. The lowest BCUT2D eigenvalue weighted by Crippen LogP contribution is -2.49. The third kappa shape index (κ3) is 5.70. The molecule has 0 bridgehead atoms. The molecule has 0 spiro atoms. The van der Waals surface area contributed by atoms with Gasteiger partial charge in [-0.15, -0.1) is 0 Å². The average molecular weight is 430 g/mol. The van der Waals surface area contributed by atoms with Crippen LogP contribution in [0.15, 0.2) is 41.3 Å². The van der Waals surface area contributed by atoms with Crippen LogP contribution in [-0.4, -0.2) is 59.5 Å². The maximum Gasteiger partial charge on any atom is 0.408 e. The summed E-state index contributed by atoms with van der Waals surface area (Å²) in [6.07, 6.45) is -3.39. The highest BCUT2D eigenvalue weighted by molar-refractivity contribution is 6.33. The van der Waals surface area contributed by atoms with E-state index in [0.717, 1.165) is 0 Å². The summed E-state index contributed by atoms with van der Waals surface area (Å²) >= 11 is 6.01. The van der Waals surface area contributed by atoms with Gasteiger partial charge in [0.1, 0.15) is 11.6 Å². The van der Waals surface area contributed by atoms with Gasteiger partial charge in [0.15, 0.2) is 0 Å². The molecule has 1 saturated heterocycles. The number of halogens is 4. The topological polar surface area (TPSA) is 70.5 Å². The largest absolute Gasteiger partial charge is 0.408 e. The molecule has 0 unspecified atom stereocenters. The fourth-order valence-electron chi connectivity index (χ4n) is 3.03. The van der Waals surface area contributed by atoms with Crippen molar-refractivity contribution in [2.45, 2.75) is 12.7 Å². The van der Waals surface area contributed by atoms with E-state index in [-0.39, 0.29) is 17.5 Å². The van der Waals surface area contributed by atoms with Gasteiger partial charge in [0.25, 0.3) is 5.56 Å². The summed E-state index contributed by atoms with van der Waals surface area (Å²) in [6, 6.07) is 9.11. The first-order valence-corrected chi connectivity index (χ1v) is 9.25. The van der Waals surface area contributed by atoms with Crippen molar-refractivity contribution in [2.75, 3.05) is 42.9 Å². The van der Waals surface area contributed by atoms with Crippen LogP contribution in [0.5, 0.6) is 0 Å². The van der Waals surface area contributed by atoms with Gasteiger partial charge in [-0.3, -0.25) is 14.5 Å². The summed E-state index contributed by atoms with van der Waals surface area (Å²) in [5.41, 5.74) is 0.0306. The van der Waals surface area contributed by atoms with Crippen molar-refractivity contribution >= 4 is 28.9 Å². The van der Waals surface area contributed by atoms with E-state index >= 15 is 0 Å². The number of rotatable bonds is 5. The van der Waals surface area contributed by atoms with Crippen LogP contribution in [-0.2, 0) is 11.3 Å². The number of nitrogens with zero attached hydrogens (tertiary/aromatic N) is 4. The summed E-state index contributed by atoms with van der Waals surface area (Å²) in [4.78, 5) is 27.9. The molecule has 0 aliphatic carbocycles. The molecule has 29 heavy (non-hydrogen) atoms. The normalized spacial score (nSPS) is 15.4. The van der Waals surface area contributed by atoms with Crippen LogP contribution in [0.2, 0.25) is 5.02 Å². The first-order valence-electron chi connectivity index (χ1n) is 8.87. The van der Waals surface area contributed by atoms with Gasteiger partial charge in [-0.25, -0.2) is 4.68 Å². The van der Waals surface area contributed by atoms with Crippen LogP contribution in [0, 0.1) is 0 Å². The van der Waals surface area contributed by atoms with Crippen LogP contribution in [0.4, 0.5) is 24.5 Å². The van der Waals surface area contributed by atoms with Gasteiger partial charge in [-0.2, -0.15) is 18.3 Å². The summed E-state index contributed by atoms with van der Waals surface area (Å²) in [7, 11) is 0. The summed E-state index contributed by atoms with van der Waals surface area (Å²) in [6.45, 7) is 0.706. The number of nitrogens with one attached hydrogen (secondary N) is 1. The Morgan fingerprint density at radius 1 is 1.14 bits per heavy atom. The fourth-order valence-corrected chi connectivity index (χ4v) is 3.30. The van der Waals surface area contributed by atoms with Crippen LogP contribution in [0.25, 0.3) is 0 Å². The molecular weight excluding hydrogens is 411 g/mol. The fraction of sp³-hybridized carbons (Fsp3) is 0.389. The SMILES string of the molecule is O=C(CN1CCN(c2cnn(CC(F)(F)F)c(=O)c2Cl)CC1)Nc1ccccc1. The Labute approximate surface area is 169 Å². The minimum absolute atomic E-state index is 0.140. The van der Waals surface area contributed by atoms with E-state index in [1.54, 1.807) is 17.0 Å². The molecular formula is C18H19ClF3N5O2. The summed E-state index contributed by atoms with van der Waals surface area (Å²) < 4.78 is 37.8. The molecule has 0 atom stereocenters. The number of hydrogen-bond donors (Lipinski definition) is 1. The van der Waals surface area contributed by atoms with Gasteiger partial charge in [0, 0.05) is 31.9 Å². The molecule has 1 amide bonds. The maximum atomic E-state index is 12.5. The van der Waals surface area contributed by atoms with Crippen molar-refractivity contribution in [1.82, 2.24) is 14.7 Å². The standard InChI is InChI=1S/C18H19ClF3N5O2/c19-16-14(10-23-27(17(16)29)12-18(20,21)22)26-8-6-25(7-9-26)11-15(28)24-13-4-2-1-3-5-13/h1-5,10H,6-9,11-12H2,(H,24,28). The molecule has 1 aliphatic heterocycles. The number of carbonyl (C=O) groups excluding carboxylic acids is 1. The Morgan fingerprint density at radius 2 is 1.79 bits per heavy atom. The van der Waals surface area contributed by atoms with Gasteiger partial charge in [-0.05, 0) is 12.1 Å². The van der Waals surface area contributed by atoms with Gasteiger partial charge >= 0.3 is 6.18 Å². The number of amides is 1. The second kappa shape index (κ2) is 8.83. The van der Waals surface area contributed by atoms with Crippen molar-refractivity contribution in [2.24, 2.45) is 0 Å². The molecule has 1 fully saturated rings. The molecule has 0 saturated carbocycles. The molecule has 7 nitrogen and oxygen atoms in total. The molecule has 2 aromatic rings. The number of hydrogen-bond acceptors (Lipinski definition) is 5. The van der Waals surface area contributed by atoms with Crippen molar-refractivity contribution in [3.63, 3.8) is 0 Å². The zero-order chi connectivity index (χ0) is 21.0. The van der Waals surface area contributed by atoms with Gasteiger partial charge in [0.05, 0.1) is 18.4 Å². The Morgan fingerprint density at radius 3 is 2.41 bits per heavy atom. The molecule has 1 aliphatic rings. The Kier molecular flexibility index (Phi) is 6.43. The Bertz CT molecular complexity index is 912. The number of carbonyl (C=O) groups is 1. The number of benzene rings is 1. The lowest BCUT2D eigenvalue weighted by molar-refractivity contribution is -0.143. The van der Waals surface area contributed by atoms with Crippen LogP contribution in [0.1, 0.15) is 0 Å². The van der Waals surface area contributed by atoms with Crippen LogP contribution < -0.4 is 15.8 Å². The second-order valence-corrected chi connectivity index (χ2v) is 6.98. The van der Waals surface area contributed by atoms with E-state index in [4.69, 9.17) is 11.6 Å². The molecule has 1 aromatic heterocycles. The third-order valence-corrected chi connectivity index (χ3v) is 4.79. The van der Waals surface area contributed by atoms with Crippen LogP contribution >= 0.6 is 11.6 Å². The van der Waals surface area contributed by atoms with Crippen molar-refractivity contribution in [3.05, 3.63) is 51.9 Å². The number of anilines is 2. The minimum atomic E-state index is -4.56. The average Bonchev–Trinajstić information content (AvgIpc) is 2.66. The molecule has 3 rings (SSSR count). The van der Waals surface area contributed by atoms with Crippen molar-refractivity contribution < 1.29 is 18.0 Å². The number of para-hydroxylation sites is 1. The lowest BCUT2D eigenvalue weighted by Gasteiger charge is -2.35. The van der Waals surface area contributed by atoms with Gasteiger partial charge in [-0.1, -0.05) is 29.8 Å². The minimum Gasteiger partial charge on any atom is -0.366 e. The monoisotopic (exact) mass is 429 g/mol. The molecule has 0 radical (unpaired) electrons. The highest BCUT2D eigenvalue weighted by atomic mass is 35.5. The quantitative estimate of drug-likeness (QED) is 0.789. The maximum absolute atomic E-state index is 12.5. The van der Waals surface area contributed by atoms with E-state index in [9.17, 15) is 22.8 Å². The van der Waals surface area contributed by atoms with E-state index < -0.39 is 18.3 Å². The van der Waals surface area contributed by atoms with E-state index in [1.165, 1.54) is 6.20 Å². The summed E-state index contributed by atoms with van der Waals surface area (Å²) in [5.74, 6) is -0.140. The van der Waals surface area contributed by atoms with E-state index in [2.05, 4.69) is 10.4 Å². The number of alkyl halides is 3. The lowest BCUT2D eigenvalue weighted by atomic mass is 10.2. The van der Waals surface area contributed by atoms with Crippen LogP contribution in [0.3, 0.4) is 0 Å². The molecule has 2 heterocycles. The molecule has 156 valence electrons. The Balaban J connectivity index is 1.57. The van der Waals surface area contributed by atoms with Gasteiger partial charge in [0.2, 0.25) is 5.91 Å². The van der Waals surface area contributed by atoms with E-state index in [0.29, 0.717) is 42.2 Å². The first-order chi connectivity index (χ1) is 13.7. The van der Waals surface area contributed by atoms with E-state index in [1.807, 2.05) is 23.1 Å². The zero-order valence-electron chi connectivity index (χ0n) is 15.3. The summed E-state index contributed by atoms with van der Waals surface area (Å²) in [5, 5.41) is 6.11. The first kappa shape index (κ1) is 21.1. The zero-order valence-corrected chi connectivity index (χ0v) is 16.1. The number of aromatic nitrogens is 2. The predicted molar refractivity (Wildman–Crippen MR) is 103 cm³/mol. The number of piperazine rings is 1. The third-order valence-electron chi connectivity index (χ3n) is 4.43. The van der Waals surface area contributed by atoms with Crippen molar-refractivity contribution in [3.8, 4) is 0 Å². The highest BCUT2D eigenvalue weighted by Gasteiger charge is 2.30. The molecule has 11 heteroatoms.